The molecule has 1 aromatic rings. The first-order valence-corrected chi connectivity index (χ1v) is 8.87. The van der Waals surface area contributed by atoms with E-state index in [4.69, 9.17) is 0 Å². The van der Waals surface area contributed by atoms with Crippen LogP contribution in [0.5, 0.6) is 0 Å². The molecule has 2 aliphatic rings. The Bertz CT molecular complexity index is 448. The van der Waals surface area contributed by atoms with Gasteiger partial charge in [0, 0.05) is 49.4 Å². The minimum atomic E-state index is 0.946. The summed E-state index contributed by atoms with van der Waals surface area (Å²) in [5, 5.41) is 0. The molecular formula is C17H26N2S. The lowest BCUT2D eigenvalue weighted by Crippen LogP contribution is -2.47. The number of piperazine rings is 1. The molecule has 2 fully saturated rings. The van der Waals surface area contributed by atoms with Gasteiger partial charge in [0.2, 0.25) is 0 Å². The average Bonchev–Trinajstić information content (AvgIpc) is 3.28. The molecule has 3 heteroatoms. The van der Waals surface area contributed by atoms with E-state index in [1.807, 2.05) is 11.8 Å². The van der Waals surface area contributed by atoms with Crippen LogP contribution in [-0.4, -0.2) is 54.3 Å². The highest BCUT2D eigenvalue weighted by Crippen LogP contribution is 2.27. The average molecular weight is 290 g/mol. The van der Waals surface area contributed by atoms with E-state index >= 15 is 0 Å². The molecule has 0 amide bonds. The van der Waals surface area contributed by atoms with Crippen LogP contribution in [0.1, 0.15) is 24.0 Å². The van der Waals surface area contributed by atoms with E-state index in [2.05, 4.69) is 41.8 Å². The molecule has 20 heavy (non-hydrogen) atoms. The maximum atomic E-state index is 2.69. The fourth-order valence-corrected chi connectivity index (χ4v) is 3.90. The number of benzene rings is 1. The first-order valence-electron chi connectivity index (χ1n) is 7.89. The van der Waals surface area contributed by atoms with Crippen molar-refractivity contribution in [1.82, 2.24) is 9.80 Å². The summed E-state index contributed by atoms with van der Waals surface area (Å²) in [6.45, 7) is 10.7. The maximum Gasteiger partial charge on any atom is 0.0113 e. The molecule has 1 aliphatic carbocycles. The van der Waals surface area contributed by atoms with Crippen molar-refractivity contribution in [3.63, 3.8) is 0 Å². The minimum absolute atomic E-state index is 0.946. The molecule has 0 N–H and O–H groups in total. The zero-order valence-electron chi connectivity index (χ0n) is 12.8. The number of hydrogen-bond acceptors (Lipinski definition) is 3. The Kier molecular flexibility index (Phi) is 4.69. The second-order valence-electron chi connectivity index (χ2n) is 6.20. The first-order chi connectivity index (χ1) is 9.72. The summed E-state index contributed by atoms with van der Waals surface area (Å²) in [5.41, 5.74) is 2.80. The summed E-state index contributed by atoms with van der Waals surface area (Å²) in [7, 11) is 0. The smallest absolute Gasteiger partial charge is 0.0113 e. The number of thioether (sulfide) groups is 1. The van der Waals surface area contributed by atoms with Gasteiger partial charge in [0.15, 0.2) is 0 Å². The highest BCUT2D eigenvalue weighted by atomic mass is 32.2. The molecular weight excluding hydrogens is 264 g/mol. The molecule has 0 atom stereocenters. The predicted molar refractivity (Wildman–Crippen MR) is 87.7 cm³/mol. The van der Waals surface area contributed by atoms with Gasteiger partial charge in [-0.05, 0) is 49.9 Å². The fraction of sp³-hybridized carbons (Fsp3) is 0.647. The Balaban J connectivity index is 1.38. The predicted octanol–water partition coefficient (Wildman–Crippen LogP) is 3.18. The van der Waals surface area contributed by atoms with Gasteiger partial charge in [-0.15, -0.1) is 11.8 Å². The van der Waals surface area contributed by atoms with Crippen LogP contribution in [0.15, 0.2) is 23.1 Å². The van der Waals surface area contributed by atoms with Gasteiger partial charge in [0.05, 0.1) is 0 Å². The van der Waals surface area contributed by atoms with Crippen LogP contribution in [-0.2, 0) is 0 Å². The summed E-state index contributed by atoms with van der Waals surface area (Å²) in [4.78, 5) is 6.74. The number of hydrogen-bond donors (Lipinski definition) is 0. The lowest BCUT2D eigenvalue weighted by atomic mass is 10.1. The highest BCUT2D eigenvalue weighted by molar-refractivity contribution is 7.99. The van der Waals surface area contributed by atoms with Crippen LogP contribution in [0.4, 0.5) is 0 Å². The van der Waals surface area contributed by atoms with Gasteiger partial charge in [0.1, 0.15) is 0 Å². The second-order valence-corrected chi connectivity index (χ2v) is 7.37. The van der Waals surface area contributed by atoms with Crippen LogP contribution < -0.4 is 0 Å². The Morgan fingerprint density at radius 2 is 1.80 bits per heavy atom. The third-order valence-electron chi connectivity index (χ3n) is 4.62. The molecule has 1 aromatic carbocycles. The zero-order valence-corrected chi connectivity index (χ0v) is 13.6. The van der Waals surface area contributed by atoms with Gasteiger partial charge in [-0.25, -0.2) is 0 Å². The van der Waals surface area contributed by atoms with Gasteiger partial charge in [-0.2, -0.15) is 0 Å². The molecule has 0 radical (unpaired) electrons. The van der Waals surface area contributed by atoms with Crippen LogP contribution in [0.3, 0.4) is 0 Å². The van der Waals surface area contributed by atoms with Crippen molar-refractivity contribution in [2.24, 2.45) is 0 Å². The molecule has 1 saturated carbocycles. The Hall–Kier alpha value is -0.510. The largest absolute Gasteiger partial charge is 0.300 e. The van der Waals surface area contributed by atoms with E-state index in [1.54, 1.807) is 0 Å². The van der Waals surface area contributed by atoms with Crippen LogP contribution >= 0.6 is 11.8 Å². The fourth-order valence-electron chi connectivity index (χ4n) is 2.89. The highest BCUT2D eigenvalue weighted by Gasteiger charge is 2.30. The molecule has 1 heterocycles. The van der Waals surface area contributed by atoms with E-state index in [-0.39, 0.29) is 0 Å². The van der Waals surface area contributed by atoms with Crippen LogP contribution in [0, 0.1) is 13.8 Å². The third kappa shape index (κ3) is 3.78. The lowest BCUT2D eigenvalue weighted by molar-refractivity contribution is 0.132. The number of nitrogens with zero attached hydrogens (tertiary/aromatic N) is 2. The quantitative estimate of drug-likeness (QED) is 0.769. The molecule has 0 bridgehead atoms. The summed E-state index contributed by atoms with van der Waals surface area (Å²) >= 11 is 2.00. The Morgan fingerprint density at radius 1 is 1.05 bits per heavy atom. The lowest BCUT2D eigenvalue weighted by Gasteiger charge is -2.34. The molecule has 0 aromatic heterocycles. The van der Waals surface area contributed by atoms with Gasteiger partial charge in [0.25, 0.3) is 0 Å². The van der Waals surface area contributed by atoms with Crippen LogP contribution in [0.25, 0.3) is 0 Å². The van der Waals surface area contributed by atoms with E-state index in [0.29, 0.717) is 0 Å². The second kappa shape index (κ2) is 6.50. The summed E-state index contributed by atoms with van der Waals surface area (Å²) in [6.07, 6.45) is 2.89. The van der Waals surface area contributed by atoms with E-state index in [9.17, 15) is 0 Å². The van der Waals surface area contributed by atoms with Crippen molar-refractivity contribution in [2.75, 3.05) is 38.5 Å². The van der Waals surface area contributed by atoms with Crippen molar-refractivity contribution < 1.29 is 0 Å². The summed E-state index contributed by atoms with van der Waals surface area (Å²) < 4.78 is 0. The third-order valence-corrected chi connectivity index (χ3v) is 5.60. The van der Waals surface area contributed by atoms with Crippen molar-refractivity contribution in [1.29, 1.82) is 0 Å². The molecule has 2 nitrogen and oxygen atoms in total. The SMILES string of the molecule is Cc1ccc(SCCN2CCN(C3CC3)CC2)cc1C. The summed E-state index contributed by atoms with van der Waals surface area (Å²) in [6, 6.07) is 7.77. The molecule has 3 rings (SSSR count). The van der Waals surface area contributed by atoms with Crippen LogP contribution in [0.2, 0.25) is 0 Å². The van der Waals surface area contributed by atoms with Gasteiger partial charge < -0.3 is 0 Å². The molecule has 110 valence electrons. The van der Waals surface area contributed by atoms with Crippen molar-refractivity contribution in [3.8, 4) is 0 Å². The minimum Gasteiger partial charge on any atom is -0.300 e. The van der Waals surface area contributed by atoms with Crippen molar-refractivity contribution in [3.05, 3.63) is 29.3 Å². The number of aryl methyl sites for hydroxylation is 2. The van der Waals surface area contributed by atoms with E-state index in [0.717, 1.165) is 6.04 Å². The normalized spacial score (nSPS) is 21.3. The van der Waals surface area contributed by atoms with E-state index < -0.39 is 0 Å². The zero-order chi connectivity index (χ0) is 13.9. The maximum absolute atomic E-state index is 2.69. The van der Waals surface area contributed by atoms with Crippen molar-refractivity contribution in [2.45, 2.75) is 37.6 Å². The standard InChI is InChI=1S/C17H26N2S/c1-14-3-6-17(13-15(14)2)20-12-11-18-7-9-19(10-8-18)16-4-5-16/h3,6,13,16H,4-5,7-12H2,1-2H3. The molecule has 0 spiro atoms. The number of rotatable bonds is 5. The van der Waals surface area contributed by atoms with Crippen molar-refractivity contribution >= 4 is 11.8 Å². The Morgan fingerprint density at radius 3 is 2.45 bits per heavy atom. The molecule has 1 saturated heterocycles. The molecule has 1 aliphatic heterocycles. The van der Waals surface area contributed by atoms with E-state index in [1.165, 1.54) is 67.3 Å². The molecule has 0 unspecified atom stereocenters. The topological polar surface area (TPSA) is 6.48 Å². The summed E-state index contributed by atoms with van der Waals surface area (Å²) in [5.74, 6) is 1.21. The van der Waals surface area contributed by atoms with Gasteiger partial charge >= 0.3 is 0 Å². The monoisotopic (exact) mass is 290 g/mol. The Labute approximate surface area is 127 Å². The van der Waals surface area contributed by atoms with Gasteiger partial charge in [-0.3, -0.25) is 9.80 Å². The van der Waals surface area contributed by atoms with Gasteiger partial charge in [-0.1, -0.05) is 6.07 Å². The first kappa shape index (κ1) is 14.4.